The summed E-state index contributed by atoms with van der Waals surface area (Å²) in [6.07, 6.45) is 0.807. The number of carbonyl (C=O) groups excluding carboxylic acids is 1. The third kappa shape index (κ3) is 2.03. The summed E-state index contributed by atoms with van der Waals surface area (Å²) in [4.78, 5) is 11.2. The van der Waals surface area contributed by atoms with Crippen molar-refractivity contribution in [1.82, 2.24) is 9.78 Å². The van der Waals surface area contributed by atoms with Gasteiger partial charge in [-0.1, -0.05) is 48.5 Å². The molecule has 1 aromatic heterocycles. The van der Waals surface area contributed by atoms with E-state index in [-0.39, 0.29) is 0 Å². The van der Waals surface area contributed by atoms with E-state index in [1.165, 1.54) is 0 Å². The molecule has 0 aliphatic carbocycles. The van der Waals surface area contributed by atoms with Gasteiger partial charge in [0.2, 0.25) is 0 Å². The lowest BCUT2D eigenvalue weighted by atomic mass is 10.1. The molecule has 0 N–H and O–H groups in total. The largest absolute Gasteiger partial charge is 0.296 e. The number of carbonyl (C=O) groups is 1. The van der Waals surface area contributed by atoms with Crippen molar-refractivity contribution >= 4 is 6.29 Å². The molecule has 0 bridgehead atoms. The molecule has 0 saturated heterocycles. The molecule has 3 aromatic rings. The van der Waals surface area contributed by atoms with Crippen molar-refractivity contribution in [2.45, 2.75) is 6.92 Å². The van der Waals surface area contributed by atoms with Crippen molar-refractivity contribution < 1.29 is 4.79 Å². The molecule has 0 spiro atoms. The maximum Gasteiger partial charge on any atom is 0.170 e. The molecule has 98 valence electrons. The van der Waals surface area contributed by atoms with Crippen molar-refractivity contribution in [1.29, 1.82) is 0 Å². The predicted octanol–water partition coefficient (Wildman–Crippen LogP) is 3.66. The molecule has 3 heteroatoms. The molecule has 0 atom stereocenters. The van der Waals surface area contributed by atoms with Crippen LogP contribution < -0.4 is 0 Å². The molecule has 20 heavy (non-hydrogen) atoms. The first-order valence-electron chi connectivity index (χ1n) is 6.47. The van der Waals surface area contributed by atoms with Gasteiger partial charge in [0.05, 0.1) is 11.4 Å². The van der Waals surface area contributed by atoms with Gasteiger partial charge in [-0.25, -0.2) is 4.68 Å². The average molecular weight is 262 g/mol. The van der Waals surface area contributed by atoms with Crippen LogP contribution >= 0.6 is 0 Å². The summed E-state index contributed by atoms with van der Waals surface area (Å²) < 4.78 is 1.83. The van der Waals surface area contributed by atoms with Gasteiger partial charge in [0.1, 0.15) is 5.69 Å². The van der Waals surface area contributed by atoms with Crippen molar-refractivity contribution in [2.75, 3.05) is 0 Å². The van der Waals surface area contributed by atoms with E-state index < -0.39 is 0 Å². The van der Waals surface area contributed by atoms with Gasteiger partial charge in [0.25, 0.3) is 0 Å². The van der Waals surface area contributed by atoms with Crippen LogP contribution in [0.2, 0.25) is 0 Å². The molecule has 0 aliphatic rings. The molecule has 3 rings (SSSR count). The third-order valence-corrected chi connectivity index (χ3v) is 3.32. The number of rotatable bonds is 3. The molecule has 3 nitrogen and oxygen atoms in total. The SMILES string of the molecule is Cc1c(C=O)nn(-c2ccccc2)c1-c1ccccc1. The van der Waals surface area contributed by atoms with Crippen LogP contribution in [0.1, 0.15) is 16.1 Å². The van der Waals surface area contributed by atoms with Crippen molar-refractivity contribution in [3.63, 3.8) is 0 Å². The molecule has 0 fully saturated rings. The van der Waals surface area contributed by atoms with Crippen molar-refractivity contribution in [2.24, 2.45) is 0 Å². The van der Waals surface area contributed by atoms with Crippen LogP contribution in [0.5, 0.6) is 0 Å². The number of aromatic nitrogens is 2. The van der Waals surface area contributed by atoms with Crippen LogP contribution in [0.25, 0.3) is 16.9 Å². The molecule has 0 aliphatic heterocycles. The lowest BCUT2D eigenvalue weighted by Crippen LogP contribution is -1.99. The molecular weight excluding hydrogens is 248 g/mol. The first-order valence-corrected chi connectivity index (χ1v) is 6.47. The van der Waals surface area contributed by atoms with Crippen molar-refractivity contribution in [3.8, 4) is 16.9 Å². The fourth-order valence-corrected chi connectivity index (χ4v) is 2.32. The second-order valence-electron chi connectivity index (χ2n) is 4.59. The van der Waals surface area contributed by atoms with Gasteiger partial charge in [-0.05, 0) is 19.1 Å². The minimum atomic E-state index is 0.479. The van der Waals surface area contributed by atoms with E-state index in [0.717, 1.165) is 28.8 Å². The summed E-state index contributed by atoms with van der Waals surface area (Å²) >= 11 is 0. The van der Waals surface area contributed by atoms with Gasteiger partial charge in [0, 0.05) is 11.1 Å². The van der Waals surface area contributed by atoms with Gasteiger partial charge in [0.15, 0.2) is 6.29 Å². The normalized spacial score (nSPS) is 10.4. The average Bonchev–Trinajstić information content (AvgIpc) is 2.86. The highest BCUT2D eigenvalue weighted by Crippen LogP contribution is 2.27. The van der Waals surface area contributed by atoms with Gasteiger partial charge < -0.3 is 0 Å². The van der Waals surface area contributed by atoms with E-state index in [1.807, 2.05) is 72.3 Å². The Labute approximate surface area is 117 Å². The van der Waals surface area contributed by atoms with Crippen LogP contribution in [0.15, 0.2) is 60.7 Å². The Hall–Kier alpha value is -2.68. The topological polar surface area (TPSA) is 34.9 Å². The van der Waals surface area contributed by atoms with E-state index >= 15 is 0 Å². The lowest BCUT2D eigenvalue weighted by molar-refractivity contribution is 0.111. The fourth-order valence-electron chi connectivity index (χ4n) is 2.32. The Balaban J connectivity index is 2.27. The smallest absolute Gasteiger partial charge is 0.170 e. The molecule has 1 heterocycles. The molecule has 0 amide bonds. The zero-order chi connectivity index (χ0) is 13.9. The Kier molecular flexibility index (Phi) is 3.17. The standard InChI is InChI=1S/C17H14N2O/c1-13-16(12-20)18-19(15-10-6-3-7-11-15)17(13)14-8-4-2-5-9-14/h2-12H,1H3. The molecule has 0 radical (unpaired) electrons. The summed E-state index contributed by atoms with van der Waals surface area (Å²) in [5.41, 5.74) is 4.33. The zero-order valence-corrected chi connectivity index (χ0v) is 11.2. The summed E-state index contributed by atoms with van der Waals surface area (Å²) in [5.74, 6) is 0. The highest BCUT2D eigenvalue weighted by Gasteiger charge is 2.16. The summed E-state index contributed by atoms with van der Waals surface area (Å²) in [6.45, 7) is 1.93. The molecule has 0 saturated carbocycles. The number of para-hydroxylation sites is 1. The Morgan fingerprint density at radius 1 is 0.950 bits per heavy atom. The number of nitrogens with zero attached hydrogens (tertiary/aromatic N) is 2. The zero-order valence-electron chi connectivity index (χ0n) is 11.2. The number of aldehydes is 1. The Morgan fingerprint density at radius 2 is 1.55 bits per heavy atom. The Bertz CT molecular complexity index is 730. The Morgan fingerprint density at radius 3 is 2.15 bits per heavy atom. The highest BCUT2D eigenvalue weighted by molar-refractivity contribution is 5.80. The second-order valence-corrected chi connectivity index (χ2v) is 4.59. The minimum Gasteiger partial charge on any atom is -0.296 e. The predicted molar refractivity (Wildman–Crippen MR) is 79.1 cm³/mol. The molecule has 2 aromatic carbocycles. The maximum absolute atomic E-state index is 11.2. The fraction of sp³-hybridized carbons (Fsp3) is 0.0588. The third-order valence-electron chi connectivity index (χ3n) is 3.32. The van der Waals surface area contributed by atoms with Crippen LogP contribution in [0.3, 0.4) is 0 Å². The quantitative estimate of drug-likeness (QED) is 0.675. The van der Waals surface area contributed by atoms with Crippen LogP contribution in [-0.2, 0) is 0 Å². The van der Waals surface area contributed by atoms with E-state index in [9.17, 15) is 4.79 Å². The van der Waals surface area contributed by atoms with Crippen LogP contribution in [-0.4, -0.2) is 16.1 Å². The number of hydrogen-bond acceptors (Lipinski definition) is 2. The van der Waals surface area contributed by atoms with Gasteiger partial charge in [-0.3, -0.25) is 4.79 Å². The molecular formula is C17H14N2O. The number of benzene rings is 2. The van der Waals surface area contributed by atoms with E-state index in [1.54, 1.807) is 0 Å². The summed E-state index contributed by atoms with van der Waals surface area (Å²) in [7, 11) is 0. The van der Waals surface area contributed by atoms with Crippen LogP contribution in [0.4, 0.5) is 0 Å². The first-order chi connectivity index (χ1) is 9.81. The van der Waals surface area contributed by atoms with Crippen LogP contribution in [0, 0.1) is 6.92 Å². The lowest BCUT2D eigenvalue weighted by Gasteiger charge is -2.08. The van der Waals surface area contributed by atoms with E-state index in [4.69, 9.17) is 0 Å². The summed E-state index contributed by atoms with van der Waals surface area (Å²) in [5, 5.41) is 4.42. The first kappa shape index (κ1) is 12.4. The number of hydrogen-bond donors (Lipinski definition) is 0. The minimum absolute atomic E-state index is 0.479. The summed E-state index contributed by atoms with van der Waals surface area (Å²) in [6, 6.07) is 19.8. The maximum atomic E-state index is 11.2. The van der Waals surface area contributed by atoms with Gasteiger partial charge >= 0.3 is 0 Å². The second kappa shape index (κ2) is 5.13. The monoisotopic (exact) mass is 262 g/mol. The highest BCUT2D eigenvalue weighted by atomic mass is 16.1. The molecule has 0 unspecified atom stereocenters. The van der Waals surface area contributed by atoms with E-state index in [0.29, 0.717) is 5.69 Å². The van der Waals surface area contributed by atoms with Gasteiger partial charge in [-0.2, -0.15) is 5.10 Å². The van der Waals surface area contributed by atoms with Crippen molar-refractivity contribution in [3.05, 3.63) is 71.9 Å². The van der Waals surface area contributed by atoms with Gasteiger partial charge in [-0.15, -0.1) is 0 Å². The van der Waals surface area contributed by atoms with E-state index in [2.05, 4.69) is 5.10 Å².